The van der Waals surface area contributed by atoms with Gasteiger partial charge in [-0.3, -0.25) is 0 Å². The van der Waals surface area contributed by atoms with Crippen LogP contribution in [-0.4, -0.2) is 37.3 Å². The lowest BCUT2D eigenvalue weighted by Gasteiger charge is -2.22. The van der Waals surface area contributed by atoms with E-state index in [0.717, 1.165) is 18.5 Å². The van der Waals surface area contributed by atoms with Crippen LogP contribution in [0.1, 0.15) is 26.7 Å². The molecule has 1 heterocycles. The first-order valence-electron chi connectivity index (χ1n) is 5.61. The standard InChI is InChI=1S/C11H23NOS/c1-4-5-12-11-8-14-7-10(11)6-9(2)13-3/h9-12H,4-8H2,1-3H3. The van der Waals surface area contributed by atoms with Crippen molar-refractivity contribution in [1.82, 2.24) is 5.32 Å². The number of thioether (sulfide) groups is 1. The van der Waals surface area contributed by atoms with Gasteiger partial charge in [0.15, 0.2) is 0 Å². The number of ether oxygens (including phenoxy) is 1. The summed E-state index contributed by atoms with van der Waals surface area (Å²) in [5, 5.41) is 3.63. The van der Waals surface area contributed by atoms with Crippen LogP contribution < -0.4 is 5.32 Å². The zero-order valence-corrected chi connectivity index (χ0v) is 10.4. The molecule has 0 radical (unpaired) electrons. The van der Waals surface area contributed by atoms with E-state index in [-0.39, 0.29) is 0 Å². The molecule has 84 valence electrons. The molecule has 1 fully saturated rings. The Kier molecular flexibility index (Phi) is 5.90. The normalized spacial score (nSPS) is 29.4. The van der Waals surface area contributed by atoms with E-state index in [1.807, 2.05) is 0 Å². The van der Waals surface area contributed by atoms with E-state index in [1.54, 1.807) is 7.11 Å². The monoisotopic (exact) mass is 217 g/mol. The summed E-state index contributed by atoms with van der Waals surface area (Å²) in [6, 6.07) is 0.720. The smallest absolute Gasteiger partial charge is 0.0546 e. The maximum atomic E-state index is 5.33. The molecule has 1 N–H and O–H groups in total. The van der Waals surface area contributed by atoms with E-state index in [4.69, 9.17) is 4.74 Å². The Bertz CT molecular complexity index is 154. The Morgan fingerprint density at radius 3 is 2.93 bits per heavy atom. The van der Waals surface area contributed by atoms with Crippen molar-refractivity contribution in [2.45, 2.75) is 38.8 Å². The molecular weight excluding hydrogens is 194 g/mol. The van der Waals surface area contributed by atoms with Crippen LogP contribution in [0.25, 0.3) is 0 Å². The van der Waals surface area contributed by atoms with Crippen molar-refractivity contribution >= 4 is 11.8 Å². The second kappa shape index (κ2) is 6.70. The van der Waals surface area contributed by atoms with Gasteiger partial charge in [-0.05, 0) is 38.0 Å². The van der Waals surface area contributed by atoms with Crippen LogP contribution in [0.2, 0.25) is 0 Å². The molecule has 0 aromatic carbocycles. The molecule has 0 aromatic heterocycles. The number of hydrogen-bond donors (Lipinski definition) is 1. The summed E-state index contributed by atoms with van der Waals surface area (Å²) < 4.78 is 5.33. The van der Waals surface area contributed by atoms with Crippen molar-refractivity contribution in [3.05, 3.63) is 0 Å². The van der Waals surface area contributed by atoms with E-state index in [1.165, 1.54) is 24.3 Å². The molecule has 0 aliphatic carbocycles. The topological polar surface area (TPSA) is 21.3 Å². The van der Waals surface area contributed by atoms with Crippen LogP contribution in [0, 0.1) is 5.92 Å². The Labute approximate surface area is 92.2 Å². The highest BCUT2D eigenvalue weighted by Crippen LogP contribution is 2.28. The van der Waals surface area contributed by atoms with Gasteiger partial charge in [0.2, 0.25) is 0 Å². The van der Waals surface area contributed by atoms with Crippen LogP contribution in [0.15, 0.2) is 0 Å². The Balaban J connectivity index is 2.27. The van der Waals surface area contributed by atoms with Crippen LogP contribution in [0.3, 0.4) is 0 Å². The summed E-state index contributed by atoms with van der Waals surface area (Å²) in [5.74, 6) is 3.39. The van der Waals surface area contributed by atoms with Crippen LogP contribution >= 0.6 is 11.8 Å². The molecule has 1 rings (SSSR count). The molecule has 0 bridgehead atoms. The van der Waals surface area contributed by atoms with Crippen molar-refractivity contribution in [2.75, 3.05) is 25.2 Å². The predicted molar refractivity (Wildman–Crippen MR) is 64.0 cm³/mol. The molecule has 0 amide bonds. The molecule has 0 spiro atoms. The third-order valence-corrected chi connectivity index (χ3v) is 4.15. The summed E-state index contributed by atoms with van der Waals surface area (Å²) in [5.41, 5.74) is 0. The second-order valence-electron chi connectivity index (χ2n) is 4.14. The minimum Gasteiger partial charge on any atom is -0.382 e. The van der Waals surface area contributed by atoms with Gasteiger partial charge in [-0.25, -0.2) is 0 Å². The summed E-state index contributed by atoms with van der Waals surface area (Å²) >= 11 is 2.08. The number of hydrogen-bond acceptors (Lipinski definition) is 3. The van der Waals surface area contributed by atoms with Crippen LogP contribution in [0.4, 0.5) is 0 Å². The molecular formula is C11H23NOS. The number of rotatable bonds is 6. The van der Waals surface area contributed by atoms with E-state index in [9.17, 15) is 0 Å². The highest BCUT2D eigenvalue weighted by Gasteiger charge is 2.28. The molecule has 1 saturated heterocycles. The third-order valence-electron chi connectivity index (χ3n) is 2.89. The van der Waals surface area contributed by atoms with Gasteiger partial charge < -0.3 is 10.1 Å². The fourth-order valence-electron chi connectivity index (χ4n) is 1.91. The second-order valence-corrected chi connectivity index (χ2v) is 5.22. The SMILES string of the molecule is CCCNC1CSCC1CC(C)OC. The predicted octanol–water partition coefficient (Wildman–Crippen LogP) is 2.14. The summed E-state index contributed by atoms with van der Waals surface area (Å²) in [6.45, 7) is 5.55. The molecule has 0 aromatic rings. The Hall–Kier alpha value is 0.270. The van der Waals surface area contributed by atoms with Crippen LogP contribution in [-0.2, 0) is 4.74 Å². The average Bonchev–Trinajstić information content (AvgIpc) is 2.62. The molecule has 3 heteroatoms. The maximum Gasteiger partial charge on any atom is 0.0546 e. The maximum absolute atomic E-state index is 5.33. The highest BCUT2D eigenvalue weighted by atomic mass is 32.2. The van der Waals surface area contributed by atoms with Gasteiger partial charge in [0.25, 0.3) is 0 Å². The molecule has 1 aliphatic rings. The quantitative estimate of drug-likeness (QED) is 0.736. The van der Waals surface area contributed by atoms with Gasteiger partial charge in [-0.15, -0.1) is 0 Å². The fraction of sp³-hybridized carbons (Fsp3) is 1.00. The molecule has 14 heavy (non-hydrogen) atoms. The molecule has 2 nitrogen and oxygen atoms in total. The highest BCUT2D eigenvalue weighted by molar-refractivity contribution is 7.99. The Morgan fingerprint density at radius 1 is 1.50 bits per heavy atom. The van der Waals surface area contributed by atoms with E-state index in [2.05, 4.69) is 30.9 Å². The summed E-state index contributed by atoms with van der Waals surface area (Å²) in [4.78, 5) is 0. The molecule has 3 unspecified atom stereocenters. The fourth-order valence-corrected chi connectivity index (χ4v) is 3.36. The summed E-state index contributed by atoms with van der Waals surface area (Å²) in [7, 11) is 1.81. The molecule has 0 saturated carbocycles. The lowest BCUT2D eigenvalue weighted by molar-refractivity contribution is 0.0941. The van der Waals surface area contributed by atoms with E-state index in [0.29, 0.717) is 6.10 Å². The molecule has 3 atom stereocenters. The van der Waals surface area contributed by atoms with E-state index < -0.39 is 0 Å². The van der Waals surface area contributed by atoms with Crippen molar-refractivity contribution in [3.63, 3.8) is 0 Å². The lowest BCUT2D eigenvalue weighted by atomic mass is 9.97. The first-order chi connectivity index (χ1) is 6.77. The zero-order valence-electron chi connectivity index (χ0n) is 9.58. The summed E-state index contributed by atoms with van der Waals surface area (Å²) in [6.07, 6.45) is 2.84. The van der Waals surface area contributed by atoms with Gasteiger partial charge in [0, 0.05) is 18.9 Å². The van der Waals surface area contributed by atoms with Gasteiger partial charge in [0.05, 0.1) is 6.10 Å². The van der Waals surface area contributed by atoms with Gasteiger partial charge in [0.1, 0.15) is 0 Å². The lowest BCUT2D eigenvalue weighted by Crippen LogP contribution is -2.37. The average molecular weight is 217 g/mol. The van der Waals surface area contributed by atoms with Crippen molar-refractivity contribution < 1.29 is 4.74 Å². The van der Waals surface area contributed by atoms with Gasteiger partial charge in [-0.1, -0.05) is 6.92 Å². The molecule has 1 aliphatic heterocycles. The Morgan fingerprint density at radius 2 is 2.29 bits per heavy atom. The van der Waals surface area contributed by atoms with Crippen molar-refractivity contribution in [3.8, 4) is 0 Å². The minimum absolute atomic E-state index is 0.407. The largest absolute Gasteiger partial charge is 0.382 e. The van der Waals surface area contributed by atoms with Crippen LogP contribution in [0.5, 0.6) is 0 Å². The number of nitrogens with one attached hydrogen (secondary N) is 1. The first kappa shape index (κ1) is 12.3. The van der Waals surface area contributed by atoms with Crippen molar-refractivity contribution in [1.29, 1.82) is 0 Å². The van der Waals surface area contributed by atoms with E-state index >= 15 is 0 Å². The van der Waals surface area contributed by atoms with Gasteiger partial charge in [-0.2, -0.15) is 11.8 Å². The number of methoxy groups -OCH3 is 1. The van der Waals surface area contributed by atoms with Crippen molar-refractivity contribution in [2.24, 2.45) is 5.92 Å². The minimum atomic E-state index is 0.407. The van der Waals surface area contributed by atoms with Gasteiger partial charge >= 0.3 is 0 Å². The zero-order chi connectivity index (χ0) is 10.4. The third kappa shape index (κ3) is 3.79. The first-order valence-corrected chi connectivity index (χ1v) is 6.77.